The summed E-state index contributed by atoms with van der Waals surface area (Å²) >= 11 is 0. The third-order valence-corrected chi connectivity index (χ3v) is 4.24. The van der Waals surface area contributed by atoms with Crippen molar-refractivity contribution in [3.63, 3.8) is 0 Å². The molecule has 2 aromatic carbocycles. The van der Waals surface area contributed by atoms with Gasteiger partial charge in [-0.3, -0.25) is 9.59 Å². The predicted octanol–water partition coefficient (Wildman–Crippen LogP) is 3.00. The van der Waals surface area contributed by atoms with Crippen molar-refractivity contribution in [2.45, 2.75) is 13.3 Å². The molecule has 1 unspecified atom stereocenters. The summed E-state index contributed by atoms with van der Waals surface area (Å²) in [7, 11) is 1.58. The van der Waals surface area contributed by atoms with Gasteiger partial charge in [0.15, 0.2) is 0 Å². The summed E-state index contributed by atoms with van der Waals surface area (Å²) in [4.78, 5) is 26.5. The van der Waals surface area contributed by atoms with Crippen molar-refractivity contribution in [3.05, 3.63) is 54.1 Å². The van der Waals surface area contributed by atoms with Crippen LogP contribution >= 0.6 is 0 Å². The number of amides is 2. The van der Waals surface area contributed by atoms with Gasteiger partial charge in [0.05, 0.1) is 13.0 Å². The van der Waals surface area contributed by atoms with Gasteiger partial charge in [0.25, 0.3) is 0 Å². The molecule has 2 amide bonds. The number of carbonyl (C=O) groups excluding carboxylic acids is 2. The van der Waals surface area contributed by atoms with Gasteiger partial charge in [-0.1, -0.05) is 24.3 Å². The fourth-order valence-corrected chi connectivity index (χ4v) is 2.93. The summed E-state index contributed by atoms with van der Waals surface area (Å²) in [5, 5.41) is 2.87. The highest BCUT2D eigenvalue weighted by Crippen LogP contribution is 2.28. The first kappa shape index (κ1) is 16.1. The fraction of sp³-hybridized carbons (Fsp3) is 0.263. The van der Waals surface area contributed by atoms with Crippen LogP contribution in [0.4, 0.5) is 11.4 Å². The number of benzene rings is 2. The van der Waals surface area contributed by atoms with Gasteiger partial charge < -0.3 is 15.0 Å². The van der Waals surface area contributed by atoms with Crippen LogP contribution in [0, 0.1) is 12.8 Å². The molecule has 124 valence electrons. The molecule has 5 heteroatoms. The van der Waals surface area contributed by atoms with E-state index in [2.05, 4.69) is 5.32 Å². The second-order valence-electron chi connectivity index (χ2n) is 5.91. The van der Waals surface area contributed by atoms with Gasteiger partial charge >= 0.3 is 0 Å². The molecule has 1 aliphatic rings. The molecule has 1 atom stereocenters. The lowest BCUT2D eigenvalue weighted by Gasteiger charge is -2.19. The van der Waals surface area contributed by atoms with Crippen LogP contribution in [0.3, 0.4) is 0 Å². The highest BCUT2D eigenvalue weighted by Gasteiger charge is 2.35. The molecule has 0 bridgehead atoms. The molecule has 0 radical (unpaired) electrons. The SMILES string of the molecule is COc1cccc(NC(=O)C2CC(=O)N(c3ccccc3C)C2)c1. The minimum Gasteiger partial charge on any atom is -0.497 e. The zero-order chi connectivity index (χ0) is 17.1. The molecule has 5 nitrogen and oxygen atoms in total. The number of para-hydroxylation sites is 1. The number of nitrogens with zero attached hydrogens (tertiary/aromatic N) is 1. The highest BCUT2D eigenvalue weighted by molar-refractivity contribution is 6.03. The number of ether oxygens (including phenoxy) is 1. The summed E-state index contributed by atoms with van der Waals surface area (Å²) in [5.41, 5.74) is 2.57. The Balaban J connectivity index is 1.71. The molecule has 1 heterocycles. The maximum absolute atomic E-state index is 12.5. The molecular weight excluding hydrogens is 304 g/mol. The van der Waals surface area contributed by atoms with E-state index in [0.717, 1.165) is 11.3 Å². The Morgan fingerprint density at radius 1 is 1.21 bits per heavy atom. The molecule has 1 fully saturated rings. The van der Waals surface area contributed by atoms with Gasteiger partial charge in [-0.15, -0.1) is 0 Å². The van der Waals surface area contributed by atoms with E-state index < -0.39 is 0 Å². The molecule has 0 spiro atoms. The Bertz CT molecular complexity index is 773. The molecule has 0 saturated carbocycles. The zero-order valence-corrected chi connectivity index (χ0v) is 13.8. The first-order chi connectivity index (χ1) is 11.6. The predicted molar refractivity (Wildman–Crippen MR) is 93.3 cm³/mol. The lowest BCUT2D eigenvalue weighted by molar-refractivity contribution is -0.122. The fourth-order valence-electron chi connectivity index (χ4n) is 2.93. The van der Waals surface area contributed by atoms with Gasteiger partial charge in [0.1, 0.15) is 5.75 Å². The minimum atomic E-state index is -0.358. The third kappa shape index (κ3) is 3.25. The summed E-state index contributed by atoms with van der Waals surface area (Å²) in [6.45, 7) is 2.37. The number of anilines is 2. The number of aryl methyl sites for hydroxylation is 1. The minimum absolute atomic E-state index is 0.0184. The average Bonchev–Trinajstić information content (AvgIpc) is 2.97. The Labute approximate surface area is 141 Å². The first-order valence-electron chi connectivity index (χ1n) is 7.89. The Kier molecular flexibility index (Phi) is 4.51. The second-order valence-corrected chi connectivity index (χ2v) is 5.91. The van der Waals surface area contributed by atoms with Crippen molar-refractivity contribution < 1.29 is 14.3 Å². The molecule has 3 rings (SSSR count). The van der Waals surface area contributed by atoms with Crippen LogP contribution in [0.25, 0.3) is 0 Å². The number of nitrogens with one attached hydrogen (secondary N) is 1. The summed E-state index contributed by atoms with van der Waals surface area (Å²) in [6.07, 6.45) is 0.226. The molecule has 1 N–H and O–H groups in total. The number of methoxy groups -OCH3 is 1. The monoisotopic (exact) mass is 324 g/mol. The number of rotatable bonds is 4. The van der Waals surface area contributed by atoms with Gasteiger partial charge in [-0.25, -0.2) is 0 Å². The average molecular weight is 324 g/mol. The van der Waals surface area contributed by atoms with Gasteiger partial charge in [-0.2, -0.15) is 0 Å². The summed E-state index contributed by atoms with van der Waals surface area (Å²) in [6, 6.07) is 14.9. The molecular formula is C19H20N2O3. The van der Waals surface area contributed by atoms with E-state index in [1.165, 1.54) is 0 Å². The van der Waals surface area contributed by atoms with Crippen LogP contribution in [0.2, 0.25) is 0 Å². The quantitative estimate of drug-likeness (QED) is 0.940. The van der Waals surface area contributed by atoms with Gasteiger partial charge in [0.2, 0.25) is 11.8 Å². The zero-order valence-electron chi connectivity index (χ0n) is 13.8. The van der Waals surface area contributed by atoms with Crippen molar-refractivity contribution in [2.75, 3.05) is 23.9 Å². The van der Waals surface area contributed by atoms with Crippen molar-refractivity contribution in [3.8, 4) is 5.75 Å². The lowest BCUT2D eigenvalue weighted by Crippen LogP contribution is -2.28. The Hall–Kier alpha value is -2.82. The Morgan fingerprint density at radius 3 is 2.75 bits per heavy atom. The molecule has 24 heavy (non-hydrogen) atoms. The van der Waals surface area contributed by atoms with Crippen molar-refractivity contribution in [2.24, 2.45) is 5.92 Å². The summed E-state index contributed by atoms with van der Waals surface area (Å²) in [5.74, 6) is 0.155. The van der Waals surface area contributed by atoms with E-state index in [9.17, 15) is 9.59 Å². The first-order valence-corrected chi connectivity index (χ1v) is 7.89. The number of hydrogen-bond donors (Lipinski definition) is 1. The molecule has 1 aliphatic heterocycles. The van der Waals surface area contributed by atoms with E-state index in [-0.39, 0.29) is 24.2 Å². The lowest BCUT2D eigenvalue weighted by atomic mass is 10.1. The molecule has 0 aromatic heterocycles. The smallest absolute Gasteiger partial charge is 0.229 e. The van der Waals surface area contributed by atoms with Gasteiger partial charge in [0, 0.05) is 30.4 Å². The van der Waals surface area contributed by atoms with E-state index >= 15 is 0 Å². The van der Waals surface area contributed by atoms with Crippen molar-refractivity contribution in [1.29, 1.82) is 0 Å². The van der Waals surface area contributed by atoms with Crippen molar-refractivity contribution in [1.82, 2.24) is 0 Å². The van der Waals surface area contributed by atoms with Crippen LogP contribution in [-0.2, 0) is 9.59 Å². The van der Waals surface area contributed by atoms with Crippen LogP contribution in [0.15, 0.2) is 48.5 Å². The van der Waals surface area contributed by atoms with E-state index in [1.54, 1.807) is 24.1 Å². The normalized spacial score (nSPS) is 17.0. The maximum atomic E-state index is 12.5. The van der Waals surface area contributed by atoms with E-state index in [4.69, 9.17) is 4.74 Å². The van der Waals surface area contributed by atoms with Gasteiger partial charge in [-0.05, 0) is 30.7 Å². The Morgan fingerprint density at radius 2 is 2.00 bits per heavy atom. The van der Waals surface area contributed by atoms with Crippen LogP contribution in [-0.4, -0.2) is 25.5 Å². The number of carbonyl (C=O) groups is 2. The van der Waals surface area contributed by atoms with Crippen LogP contribution in [0.1, 0.15) is 12.0 Å². The van der Waals surface area contributed by atoms with Crippen LogP contribution in [0.5, 0.6) is 5.75 Å². The number of hydrogen-bond acceptors (Lipinski definition) is 3. The molecule has 1 saturated heterocycles. The maximum Gasteiger partial charge on any atom is 0.229 e. The molecule has 2 aromatic rings. The van der Waals surface area contributed by atoms with E-state index in [1.807, 2.05) is 43.3 Å². The second kappa shape index (κ2) is 6.74. The largest absolute Gasteiger partial charge is 0.497 e. The molecule has 0 aliphatic carbocycles. The standard InChI is InChI=1S/C19H20N2O3/c1-13-6-3-4-9-17(13)21-12-14(10-18(21)22)19(23)20-15-7-5-8-16(11-15)24-2/h3-9,11,14H,10,12H2,1-2H3,(H,20,23). The van der Waals surface area contributed by atoms with Crippen LogP contribution < -0.4 is 15.0 Å². The van der Waals surface area contributed by atoms with Crippen molar-refractivity contribution >= 4 is 23.2 Å². The topological polar surface area (TPSA) is 58.6 Å². The van der Waals surface area contributed by atoms with E-state index in [0.29, 0.717) is 18.0 Å². The third-order valence-electron chi connectivity index (χ3n) is 4.24. The summed E-state index contributed by atoms with van der Waals surface area (Å²) < 4.78 is 5.15. The highest BCUT2D eigenvalue weighted by atomic mass is 16.5.